The summed E-state index contributed by atoms with van der Waals surface area (Å²) >= 11 is 0. The molecule has 0 aliphatic carbocycles. The molecule has 104 valence electrons. The smallest absolute Gasteiger partial charge is 0.231 e. The average Bonchev–Trinajstić information content (AvgIpc) is 2.90. The number of piperidine rings is 1. The standard InChI is InChI=1S/C11H13N5O.2ClH/c1-2-8(6-12-3-1)11-15-10(16-17-11)9-7-13-4-5-14-9;;/h4-5,7-8,12H,1-3,6H2;2*1H. The molecule has 0 bridgehead atoms. The van der Waals surface area contributed by atoms with Gasteiger partial charge >= 0.3 is 0 Å². The van der Waals surface area contributed by atoms with E-state index in [0.29, 0.717) is 23.3 Å². The summed E-state index contributed by atoms with van der Waals surface area (Å²) in [5.41, 5.74) is 0.645. The Morgan fingerprint density at radius 3 is 2.84 bits per heavy atom. The van der Waals surface area contributed by atoms with E-state index >= 15 is 0 Å². The second-order valence-electron chi connectivity index (χ2n) is 4.09. The Labute approximate surface area is 123 Å². The summed E-state index contributed by atoms with van der Waals surface area (Å²) in [6, 6.07) is 0. The van der Waals surface area contributed by atoms with Crippen LogP contribution < -0.4 is 5.32 Å². The quantitative estimate of drug-likeness (QED) is 0.912. The fraction of sp³-hybridized carbons (Fsp3) is 0.455. The molecule has 1 fully saturated rings. The molecule has 3 heterocycles. The van der Waals surface area contributed by atoms with Gasteiger partial charge in [0.05, 0.1) is 12.1 Å². The SMILES string of the molecule is Cl.Cl.c1cnc(-c2noc(C3CCCNC3)n2)cn1. The van der Waals surface area contributed by atoms with Gasteiger partial charge in [0.2, 0.25) is 11.7 Å². The number of hydrogen-bond donors (Lipinski definition) is 1. The van der Waals surface area contributed by atoms with Gasteiger partial charge in [0.1, 0.15) is 5.69 Å². The van der Waals surface area contributed by atoms with E-state index in [0.717, 1.165) is 25.9 Å². The van der Waals surface area contributed by atoms with Crippen LogP contribution in [0.5, 0.6) is 0 Å². The normalized spacial score (nSPS) is 18.2. The Balaban J connectivity index is 0.000000902. The van der Waals surface area contributed by atoms with Gasteiger partial charge in [-0.3, -0.25) is 4.98 Å². The third-order valence-corrected chi connectivity index (χ3v) is 2.88. The van der Waals surface area contributed by atoms with Crippen molar-refractivity contribution in [3.63, 3.8) is 0 Å². The molecule has 1 N–H and O–H groups in total. The molecular weight excluding hydrogens is 289 g/mol. The number of nitrogens with zero attached hydrogens (tertiary/aromatic N) is 4. The zero-order valence-corrected chi connectivity index (χ0v) is 11.8. The molecule has 1 unspecified atom stereocenters. The van der Waals surface area contributed by atoms with Crippen LogP contribution in [0.25, 0.3) is 11.5 Å². The topological polar surface area (TPSA) is 76.7 Å². The van der Waals surface area contributed by atoms with Crippen molar-refractivity contribution in [2.45, 2.75) is 18.8 Å². The monoisotopic (exact) mass is 303 g/mol. The molecule has 0 amide bonds. The van der Waals surface area contributed by atoms with Gasteiger partial charge in [0.25, 0.3) is 0 Å². The summed E-state index contributed by atoms with van der Waals surface area (Å²) in [5, 5.41) is 7.27. The lowest BCUT2D eigenvalue weighted by molar-refractivity contribution is 0.322. The van der Waals surface area contributed by atoms with Crippen molar-refractivity contribution in [2.24, 2.45) is 0 Å². The highest BCUT2D eigenvalue weighted by Crippen LogP contribution is 2.23. The first-order valence-electron chi connectivity index (χ1n) is 5.74. The maximum atomic E-state index is 5.29. The van der Waals surface area contributed by atoms with Crippen LogP contribution in [0.1, 0.15) is 24.7 Å². The van der Waals surface area contributed by atoms with Crippen LogP contribution in [0.15, 0.2) is 23.1 Å². The zero-order chi connectivity index (χ0) is 11.5. The number of hydrogen-bond acceptors (Lipinski definition) is 6. The number of aromatic nitrogens is 4. The molecule has 2 aromatic rings. The Morgan fingerprint density at radius 2 is 2.16 bits per heavy atom. The van der Waals surface area contributed by atoms with Crippen molar-refractivity contribution >= 4 is 24.8 Å². The molecule has 1 saturated heterocycles. The van der Waals surface area contributed by atoms with Gasteiger partial charge in [0, 0.05) is 18.9 Å². The third kappa shape index (κ3) is 3.62. The van der Waals surface area contributed by atoms with Crippen molar-refractivity contribution in [3.8, 4) is 11.5 Å². The fourth-order valence-electron chi connectivity index (χ4n) is 1.98. The molecular formula is C11H15Cl2N5O. The minimum atomic E-state index is 0. The van der Waals surface area contributed by atoms with E-state index < -0.39 is 0 Å². The van der Waals surface area contributed by atoms with Crippen LogP contribution in [0, 0.1) is 0 Å². The first-order chi connectivity index (χ1) is 8.43. The molecule has 1 aliphatic rings. The lowest BCUT2D eigenvalue weighted by Gasteiger charge is -2.18. The van der Waals surface area contributed by atoms with Crippen LogP contribution >= 0.6 is 24.8 Å². The zero-order valence-electron chi connectivity index (χ0n) is 10.2. The Hall–Kier alpha value is -1.24. The number of rotatable bonds is 2. The first-order valence-corrected chi connectivity index (χ1v) is 5.74. The summed E-state index contributed by atoms with van der Waals surface area (Å²) in [4.78, 5) is 12.5. The number of halogens is 2. The van der Waals surface area contributed by atoms with Gasteiger partial charge in [0.15, 0.2) is 0 Å². The van der Waals surface area contributed by atoms with E-state index in [1.165, 1.54) is 0 Å². The van der Waals surface area contributed by atoms with Crippen LogP contribution in [0.3, 0.4) is 0 Å². The summed E-state index contributed by atoms with van der Waals surface area (Å²) in [6.07, 6.45) is 7.11. The lowest BCUT2D eigenvalue weighted by atomic mass is 10.00. The largest absolute Gasteiger partial charge is 0.339 e. The predicted octanol–water partition coefficient (Wildman–Crippen LogP) is 1.84. The Kier molecular flexibility index (Phi) is 6.14. The Morgan fingerprint density at radius 1 is 1.26 bits per heavy atom. The molecule has 8 heteroatoms. The number of nitrogens with one attached hydrogen (secondary N) is 1. The molecule has 1 aliphatic heterocycles. The molecule has 1 atom stereocenters. The van der Waals surface area contributed by atoms with Gasteiger partial charge in [-0.2, -0.15) is 4.98 Å². The molecule has 19 heavy (non-hydrogen) atoms. The van der Waals surface area contributed by atoms with Crippen LogP contribution in [-0.4, -0.2) is 33.2 Å². The van der Waals surface area contributed by atoms with E-state index in [4.69, 9.17) is 4.52 Å². The molecule has 2 aromatic heterocycles. The lowest BCUT2D eigenvalue weighted by Crippen LogP contribution is -2.28. The Bertz CT molecular complexity index is 487. The molecule has 0 spiro atoms. The summed E-state index contributed by atoms with van der Waals surface area (Å²) in [7, 11) is 0. The maximum absolute atomic E-state index is 5.29. The molecule has 0 saturated carbocycles. The van der Waals surface area contributed by atoms with Crippen LogP contribution in [-0.2, 0) is 0 Å². The van der Waals surface area contributed by atoms with E-state index in [1.54, 1.807) is 18.6 Å². The molecule has 6 nitrogen and oxygen atoms in total. The first kappa shape index (κ1) is 15.8. The van der Waals surface area contributed by atoms with Gasteiger partial charge in [-0.05, 0) is 19.4 Å². The van der Waals surface area contributed by atoms with Crippen molar-refractivity contribution in [1.29, 1.82) is 0 Å². The summed E-state index contributed by atoms with van der Waals surface area (Å²) in [5.74, 6) is 1.53. The second kappa shape index (κ2) is 7.37. The van der Waals surface area contributed by atoms with E-state index in [2.05, 4.69) is 25.4 Å². The fourth-order valence-corrected chi connectivity index (χ4v) is 1.98. The van der Waals surface area contributed by atoms with Gasteiger partial charge < -0.3 is 9.84 Å². The van der Waals surface area contributed by atoms with Crippen LogP contribution in [0.4, 0.5) is 0 Å². The van der Waals surface area contributed by atoms with Gasteiger partial charge in [-0.15, -0.1) is 24.8 Å². The van der Waals surface area contributed by atoms with Gasteiger partial charge in [-0.1, -0.05) is 5.16 Å². The summed E-state index contributed by atoms with van der Waals surface area (Å²) < 4.78 is 5.29. The molecule has 0 aromatic carbocycles. The van der Waals surface area contributed by atoms with Crippen LogP contribution in [0.2, 0.25) is 0 Å². The van der Waals surface area contributed by atoms with Crippen molar-refractivity contribution < 1.29 is 4.52 Å². The maximum Gasteiger partial charge on any atom is 0.231 e. The van der Waals surface area contributed by atoms with Gasteiger partial charge in [-0.25, -0.2) is 4.98 Å². The third-order valence-electron chi connectivity index (χ3n) is 2.88. The minimum Gasteiger partial charge on any atom is -0.339 e. The highest BCUT2D eigenvalue weighted by Gasteiger charge is 2.21. The van der Waals surface area contributed by atoms with Crippen molar-refractivity contribution in [3.05, 3.63) is 24.5 Å². The van der Waals surface area contributed by atoms with E-state index in [-0.39, 0.29) is 24.8 Å². The molecule has 0 radical (unpaired) electrons. The predicted molar refractivity (Wildman–Crippen MR) is 74.7 cm³/mol. The second-order valence-corrected chi connectivity index (χ2v) is 4.09. The average molecular weight is 304 g/mol. The highest BCUT2D eigenvalue weighted by molar-refractivity contribution is 5.85. The minimum absolute atomic E-state index is 0. The van der Waals surface area contributed by atoms with Crippen molar-refractivity contribution in [2.75, 3.05) is 13.1 Å². The van der Waals surface area contributed by atoms with E-state index in [1.807, 2.05) is 0 Å². The molecule has 3 rings (SSSR count). The van der Waals surface area contributed by atoms with Crippen molar-refractivity contribution in [1.82, 2.24) is 25.4 Å². The van der Waals surface area contributed by atoms with E-state index in [9.17, 15) is 0 Å². The highest BCUT2D eigenvalue weighted by atomic mass is 35.5. The summed E-state index contributed by atoms with van der Waals surface area (Å²) in [6.45, 7) is 1.98.